The summed E-state index contributed by atoms with van der Waals surface area (Å²) in [5.74, 6) is -0.893. The second-order valence-electron chi connectivity index (χ2n) is 9.89. The third-order valence-electron chi connectivity index (χ3n) is 6.85. The molecule has 0 aliphatic heterocycles. The number of anilines is 1. The highest BCUT2D eigenvalue weighted by molar-refractivity contribution is 6.30. The van der Waals surface area contributed by atoms with Gasteiger partial charge in [0, 0.05) is 34.8 Å². The molecule has 2 atom stereocenters. The summed E-state index contributed by atoms with van der Waals surface area (Å²) in [5, 5.41) is 16.5. The number of halogens is 1. The molecule has 0 fully saturated rings. The first kappa shape index (κ1) is 30.3. The van der Waals surface area contributed by atoms with Crippen LogP contribution in [0.5, 0.6) is 5.75 Å². The quantitative estimate of drug-likeness (QED) is 0.118. The van der Waals surface area contributed by atoms with Gasteiger partial charge < -0.3 is 20.5 Å². The number of hydrogen-bond acceptors (Lipinski definition) is 5. The summed E-state index contributed by atoms with van der Waals surface area (Å²) < 4.78 is 5.80. The first-order valence-corrected chi connectivity index (χ1v) is 14.1. The van der Waals surface area contributed by atoms with E-state index >= 15 is 0 Å². The van der Waals surface area contributed by atoms with Crippen LogP contribution in [0.1, 0.15) is 46.3 Å². The van der Waals surface area contributed by atoms with Crippen LogP contribution in [0.4, 0.5) is 5.69 Å². The largest absolute Gasteiger partial charge is 0.494 e. The molecular weight excluding hydrogens is 552 g/mol. The van der Waals surface area contributed by atoms with Gasteiger partial charge in [0.15, 0.2) is 5.78 Å². The number of amides is 1. The molecule has 0 heterocycles. The molecule has 42 heavy (non-hydrogen) atoms. The van der Waals surface area contributed by atoms with Gasteiger partial charge in [-0.25, -0.2) is 4.79 Å². The van der Waals surface area contributed by atoms with E-state index in [-0.39, 0.29) is 24.0 Å². The molecule has 2 unspecified atom stereocenters. The summed E-state index contributed by atoms with van der Waals surface area (Å²) in [6.07, 6.45) is 0.842. The Morgan fingerprint density at radius 2 is 1.52 bits per heavy atom. The zero-order chi connectivity index (χ0) is 29.9. The van der Waals surface area contributed by atoms with E-state index in [4.69, 9.17) is 16.3 Å². The molecule has 0 spiro atoms. The van der Waals surface area contributed by atoms with Crippen LogP contribution in [-0.2, 0) is 16.0 Å². The highest BCUT2D eigenvalue weighted by atomic mass is 35.5. The summed E-state index contributed by atoms with van der Waals surface area (Å²) in [4.78, 5) is 37.6. The average molecular weight is 585 g/mol. The molecular formula is C34H33ClN2O5. The number of ketones is 1. The number of carbonyl (C=O) groups is 3. The zero-order valence-electron chi connectivity index (χ0n) is 23.3. The van der Waals surface area contributed by atoms with Crippen LogP contribution in [0.15, 0.2) is 103 Å². The molecule has 0 aliphatic carbocycles. The molecule has 4 aromatic rings. The van der Waals surface area contributed by atoms with Crippen LogP contribution >= 0.6 is 11.6 Å². The van der Waals surface area contributed by atoms with Gasteiger partial charge in [-0.1, -0.05) is 78.3 Å². The summed E-state index contributed by atoms with van der Waals surface area (Å²) in [5.41, 5.74) is 3.11. The molecule has 4 rings (SSSR count). The SMILES string of the molecule is CC(C(=O)NCCCOc1ccc(CC(Nc2ccccc2C(=O)c2ccccc2)C(=O)O)cc1)c1ccc(Cl)cc1. The predicted octanol–water partition coefficient (Wildman–Crippen LogP) is 6.37. The van der Waals surface area contributed by atoms with Crippen LogP contribution in [-0.4, -0.2) is 42.0 Å². The number of carbonyl (C=O) groups excluding carboxylic acids is 2. The molecule has 7 nitrogen and oxygen atoms in total. The Hall–Kier alpha value is -4.62. The van der Waals surface area contributed by atoms with E-state index in [9.17, 15) is 19.5 Å². The molecule has 0 bridgehead atoms. The fourth-order valence-corrected chi connectivity index (χ4v) is 4.55. The summed E-state index contributed by atoms with van der Waals surface area (Å²) in [6.45, 7) is 2.75. The van der Waals surface area contributed by atoms with Gasteiger partial charge in [-0.3, -0.25) is 9.59 Å². The lowest BCUT2D eigenvalue weighted by Crippen LogP contribution is -2.32. The maximum atomic E-state index is 13.0. The summed E-state index contributed by atoms with van der Waals surface area (Å²) >= 11 is 5.92. The second-order valence-corrected chi connectivity index (χ2v) is 10.3. The number of benzene rings is 4. The first-order valence-electron chi connectivity index (χ1n) is 13.7. The van der Waals surface area contributed by atoms with E-state index in [1.54, 1.807) is 72.8 Å². The van der Waals surface area contributed by atoms with Crippen molar-refractivity contribution in [3.8, 4) is 5.75 Å². The molecule has 4 aromatic carbocycles. The van der Waals surface area contributed by atoms with Crippen LogP contribution in [0.3, 0.4) is 0 Å². The highest BCUT2D eigenvalue weighted by Gasteiger charge is 2.21. The Bertz CT molecular complexity index is 1490. The Kier molecular flexibility index (Phi) is 10.7. The summed E-state index contributed by atoms with van der Waals surface area (Å²) in [7, 11) is 0. The molecule has 0 aromatic heterocycles. The monoisotopic (exact) mass is 584 g/mol. The van der Waals surface area contributed by atoms with Crippen molar-refractivity contribution >= 4 is 34.9 Å². The Morgan fingerprint density at radius 3 is 2.21 bits per heavy atom. The summed E-state index contributed by atoms with van der Waals surface area (Å²) in [6, 6.07) is 29.3. The molecule has 0 radical (unpaired) electrons. The third kappa shape index (κ3) is 8.44. The number of nitrogens with one attached hydrogen (secondary N) is 2. The zero-order valence-corrected chi connectivity index (χ0v) is 24.0. The number of hydrogen-bond donors (Lipinski definition) is 3. The van der Waals surface area contributed by atoms with Crippen molar-refractivity contribution in [1.82, 2.24) is 5.32 Å². The standard InChI is InChI=1S/C34H33ClN2O5/c1-23(25-14-16-27(35)17-15-25)33(39)36-20-7-21-42-28-18-12-24(13-19-28)22-31(34(40)41)37-30-11-6-5-10-29(30)32(38)26-8-3-2-4-9-26/h2-6,8-19,23,31,37H,7,20-22H2,1H3,(H,36,39)(H,40,41). The minimum absolute atomic E-state index is 0.0599. The van der Waals surface area contributed by atoms with Gasteiger partial charge in [0.2, 0.25) is 5.91 Å². The Morgan fingerprint density at radius 1 is 0.857 bits per heavy atom. The number of aliphatic carboxylic acids is 1. The van der Waals surface area contributed by atoms with E-state index in [0.717, 1.165) is 11.1 Å². The predicted molar refractivity (Wildman–Crippen MR) is 164 cm³/mol. The number of para-hydroxylation sites is 1. The number of ether oxygens (including phenoxy) is 1. The van der Waals surface area contributed by atoms with Crippen molar-refractivity contribution in [2.75, 3.05) is 18.5 Å². The van der Waals surface area contributed by atoms with E-state index in [0.29, 0.717) is 47.2 Å². The molecule has 0 saturated carbocycles. The number of carboxylic acids is 1. The molecule has 0 saturated heterocycles. The van der Waals surface area contributed by atoms with Crippen molar-refractivity contribution in [3.63, 3.8) is 0 Å². The molecule has 8 heteroatoms. The molecule has 1 amide bonds. The van der Waals surface area contributed by atoms with Gasteiger partial charge in [0.25, 0.3) is 0 Å². The van der Waals surface area contributed by atoms with Crippen LogP contribution < -0.4 is 15.4 Å². The topological polar surface area (TPSA) is 105 Å². The fraction of sp³-hybridized carbons (Fsp3) is 0.206. The molecule has 3 N–H and O–H groups in total. The van der Waals surface area contributed by atoms with E-state index in [1.165, 1.54) is 0 Å². The van der Waals surface area contributed by atoms with Crippen molar-refractivity contribution in [2.24, 2.45) is 0 Å². The lowest BCUT2D eigenvalue weighted by atomic mass is 10.00. The minimum atomic E-state index is -1.02. The van der Waals surface area contributed by atoms with Gasteiger partial charge >= 0.3 is 5.97 Å². The number of rotatable bonds is 14. The van der Waals surface area contributed by atoms with Gasteiger partial charge in [-0.05, 0) is 60.9 Å². The van der Waals surface area contributed by atoms with E-state index in [1.807, 2.05) is 37.3 Å². The van der Waals surface area contributed by atoms with Crippen LogP contribution in [0.2, 0.25) is 5.02 Å². The average Bonchev–Trinajstić information content (AvgIpc) is 3.01. The first-order chi connectivity index (χ1) is 20.3. The normalized spacial score (nSPS) is 12.1. The third-order valence-corrected chi connectivity index (χ3v) is 7.10. The minimum Gasteiger partial charge on any atom is -0.494 e. The molecule has 216 valence electrons. The second kappa shape index (κ2) is 14.8. The van der Waals surface area contributed by atoms with Crippen LogP contribution in [0.25, 0.3) is 0 Å². The Labute approximate surface area is 250 Å². The lowest BCUT2D eigenvalue weighted by Gasteiger charge is -2.18. The van der Waals surface area contributed by atoms with Crippen molar-refractivity contribution in [1.29, 1.82) is 0 Å². The van der Waals surface area contributed by atoms with Crippen LogP contribution in [0, 0.1) is 0 Å². The smallest absolute Gasteiger partial charge is 0.326 e. The van der Waals surface area contributed by atoms with E-state index in [2.05, 4.69) is 10.6 Å². The maximum absolute atomic E-state index is 13.0. The van der Waals surface area contributed by atoms with Crippen molar-refractivity contribution < 1.29 is 24.2 Å². The van der Waals surface area contributed by atoms with E-state index < -0.39 is 12.0 Å². The van der Waals surface area contributed by atoms with Gasteiger partial charge in [-0.15, -0.1) is 0 Å². The van der Waals surface area contributed by atoms with Crippen molar-refractivity contribution in [2.45, 2.75) is 31.7 Å². The highest BCUT2D eigenvalue weighted by Crippen LogP contribution is 2.22. The lowest BCUT2D eigenvalue weighted by molar-refractivity contribution is -0.137. The Balaban J connectivity index is 1.26. The molecule has 0 aliphatic rings. The fourth-order valence-electron chi connectivity index (χ4n) is 4.43. The van der Waals surface area contributed by atoms with Gasteiger partial charge in [0.1, 0.15) is 11.8 Å². The van der Waals surface area contributed by atoms with Crippen molar-refractivity contribution in [3.05, 3.63) is 130 Å². The van der Waals surface area contributed by atoms with Gasteiger partial charge in [0.05, 0.1) is 12.5 Å². The maximum Gasteiger partial charge on any atom is 0.326 e. The van der Waals surface area contributed by atoms with Gasteiger partial charge in [-0.2, -0.15) is 0 Å². The number of carboxylic acid groups (broad SMARTS) is 1.